The van der Waals surface area contributed by atoms with Crippen molar-refractivity contribution in [3.8, 4) is 0 Å². The van der Waals surface area contributed by atoms with Crippen LogP contribution in [0.4, 0.5) is 0 Å². The zero-order valence-corrected chi connectivity index (χ0v) is 9.65. The van der Waals surface area contributed by atoms with E-state index in [4.69, 9.17) is 4.74 Å². The van der Waals surface area contributed by atoms with Gasteiger partial charge in [0.05, 0.1) is 6.42 Å². The molecule has 1 aliphatic heterocycles. The summed E-state index contributed by atoms with van der Waals surface area (Å²) in [6.07, 6.45) is 1.64. The van der Waals surface area contributed by atoms with Crippen molar-refractivity contribution in [1.29, 1.82) is 0 Å². The minimum Gasteiger partial charge on any atom is -0.457 e. The van der Waals surface area contributed by atoms with Crippen LogP contribution in [0, 0.1) is 9.49 Å². The summed E-state index contributed by atoms with van der Waals surface area (Å²) in [7, 11) is 0. The fraction of sp³-hybridized carbons (Fsp3) is 0.364. The number of rotatable bonds is 0. The van der Waals surface area contributed by atoms with Crippen molar-refractivity contribution in [2.24, 2.45) is 5.92 Å². The number of hydrogen-bond donors (Lipinski definition) is 0. The minimum atomic E-state index is -0.0375. The molecule has 1 heterocycles. The average Bonchev–Trinajstić information content (AvgIpc) is 2.62. The first-order valence-electron chi connectivity index (χ1n) is 4.72. The maximum Gasteiger partial charge on any atom is 0.306 e. The second kappa shape index (κ2) is 2.95. The van der Waals surface area contributed by atoms with Gasteiger partial charge in [0.1, 0.15) is 6.10 Å². The summed E-state index contributed by atoms with van der Waals surface area (Å²) in [5.74, 6) is 0.361. The third-order valence-corrected chi connectivity index (χ3v) is 3.68. The zero-order chi connectivity index (χ0) is 9.71. The lowest BCUT2D eigenvalue weighted by Gasteiger charge is -2.08. The molecule has 3 rings (SSSR count). The van der Waals surface area contributed by atoms with Gasteiger partial charge in [0.15, 0.2) is 0 Å². The Balaban J connectivity index is 2.07. The van der Waals surface area contributed by atoms with Crippen molar-refractivity contribution in [1.82, 2.24) is 0 Å². The number of benzene rings is 1. The second-order valence-corrected chi connectivity index (χ2v) is 5.17. The Morgan fingerprint density at radius 1 is 1.36 bits per heavy atom. The molecule has 1 aliphatic carbocycles. The SMILES string of the molecule is O=C1C[C@H]2Cc3ccc(I)cc3[C@H]2O1. The highest BCUT2D eigenvalue weighted by atomic mass is 127. The molecular weight excluding hydrogens is 291 g/mol. The first kappa shape index (κ1) is 8.71. The van der Waals surface area contributed by atoms with Gasteiger partial charge in [-0.05, 0) is 52.3 Å². The lowest BCUT2D eigenvalue weighted by Crippen LogP contribution is -1.99. The third-order valence-electron chi connectivity index (χ3n) is 3.01. The van der Waals surface area contributed by atoms with E-state index in [-0.39, 0.29) is 12.1 Å². The molecule has 0 spiro atoms. The van der Waals surface area contributed by atoms with Gasteiger partial charge < -0.3 is 4.74 Å². The summed E-state index contributed by atoms with van der Waals surface area (Å²) < 4.78 is 6.54. The Bertz CT molecular complexity index is 414. The molecule has 0 N–H and O–H groups in total. The fourth-order valence-corrected chi connectivity index (χ4v) is 2.92. The molecule has 0 radical (unpaired) electrons. The Morgan fingerprint density at radius 2 is 2.21 bits per heavy atom. The number of carbonyl (C=O) groups is 1. The summed E-state index contributed by atoms with van der Waals surface area (Å²) in [6.45, 7) is 0. The molecule has 0 amide bonds. The molecule has 1 fully saturated rings. The lowest BCUT2D eigenvalue weighted by molar-refractivity contribution is -0.141. The number of halogens is 1. The van der Waals surface area contributed by atoms with Crippen LogP contribution >= 0.6 is 22.6 Å². The molecule has 1 saturated heterocycles. The van der Waals surface area contributed by atoms with E-state index >= 15 is 0 Å². The first-order chi connectivity index (χ1) is 6.74. The molecule has 0 saturated carbocycles. The molecule has 72 valence electrons. The normalized spacial score (nSPS) is 28.5. The molecule has 2 aliphatic rings. The summed E-state index contributed by atoms with van der Waals surface area (Å²) in [4.78, 5) is 11.1. The largest absolute Gasteiger partial charge is 0.457 e. The monoisotopic (exact) mass is 300 g/mol. The summed E-state index contributed by atoms with van der Waals surface area (Å²) in [5, 5.41) is 0. The summed E-state index contributed by atoms with van der Waals surface area (Å²) in [5.41, 5.74) is 2.58. The second-order valence-electron chi connectivity index (χ2n) is 3.92. The van der Waals surface area contributed by atoms with Crippen LogP contribution in [0.2, 0.25) is 0 Å². The molecular formula is C11H9IO2. The van der Waals surface area contributed by atoms with E-state index in [1.807, 2.05) is 0 Å². The molecule has 14 heavy (non-hydrogen) atoms. The predicted molar refractivity (Wildman–Crippen MR) is 59.8 cm³/mol. The fourth-order valence-electron chi connectivity index (χ4n) is 2.40. The molecule has 1 aromatic rings. The number of carbonyl (C=O) groups excluding carboxylic acids is 1. The van der Waals surface area contributed by atoms with Gasteiger partial charge in [-0.15, -0.1) is 0 Å². The predicted octanol–water partition coefficient (Wildman–Crippen LogP) is 2.45. The van der Waals surface area contributed by atoms with Gasteiger partial charge in [-0.2, -0.15) is 0 Å². The smallest absolute Gasteiger partial charge is 0.306 e. The van der Waals surface area contributed by atoms with Crippen LogP contribution < -0.4 is 0 Å². The van der Waals surface area contributed by atoms with Crippen molar-refractivity contribution in [3.05, 3.63) is 32.9 Å². The van der Waals surface area contributed by atoms with Crippen molar-refractivity contribution < 1.29 is 9.53 Å². The zero-order valence-electron chi connectivity index (χ0n) is 7.50. The van der Waals surface area contributed by atoms with Crippen molar-refractivity contribution >= 4 is 28.6 Å². The molecule has 1 aromatic carbocycles. The lowest BCUT2D eigenvalue weighted by atomic mass is 10.0. The van der Waals surface area contributed by atoms with E-state index in [1.165, 1.54) is 14.7 Å². The third kappa shape index (κ3) is 1.18. The van der Waals surface area contributed by atoms with Gasteiger partial charge in [0.2, 0.25) is 0 Å². The number of ether oxygens (including phenoxy) is 1. The summed E-state index contributed by atoms with van der Waals surface area (Å²) in [6, 6.07) is 6.41. The van der Waals surface area contributed by atoms with Crippen LogP contribution in [0.3, 0.4) is 0 Å². The van der Waals surface area contributed by atoms with E-state index in [2.05, 4.69) is 40.8 Å². The van der Waals surface area contributed by atoms with Crippen molar-refractivity contribution in [3.63, 3.8) is 0 Å². The van der Waals surface area contributed by atoms with Gasteiger partial charge in [0, 0.05) is 9.49 Å². The molecule has 0 unspecified atom stereocenters. The van der Waals surface area contributed by atoms with Crippen molar-refractivity contribution in [2.45, 2.75) is 18.9 Å². The molecule has 0 bridgehead atoms. The van der Waals surface area contributed by atoms with Crippen LogP contribution in [0.25, 0.3) is 0 Å². The number of fused-ring (bicyclic) bond motifs is 3. The highest BCUT2D eigenvalue weighted by Gasteiger charge is 2.41. The van der Waals surface area contributed by atoms with E-state index in [0.29, 0.717) is 12.3 Å². The molecule has 2 atom stereocenters. The maximum atomic E-state index is 11.1. The van der Waals surface area contributed by atoms with E-state index in [1.54, 1.807) is 0 Å². The van der Waals surface area contributed by atoms with E-state index in [0.717, 1.165) is 6.42 Å². The quantitative estimate of drug-likeness (QED) is 0.543. The van der Waals surface area contributed by atoms with Gasteiger partial charge in [0.25, 0.3) is 0 Å². The van der Waals surface area contributed by atoms with Crippen LogP contribution in [0.5, 0.6) is 0 Å². The van der Waals surface area contributed by atoms with Crippen molar-refractivity contribution in [2.75, 3.05) is 0 Å². The highest BCUT2D eigenvalue weighted by molar-refractivity contribution is 14.1. The van der Waals surface area contributed by atoms with E-state index in [9.17, 15) is 4.79 Å². The molecule has 0 aromatic heterocycles. The topological polar surface area (TPSA) is 26.3 Å². The highest BCUT2D eigenvalue weighted by Crippen LogP contribution is 2.45. The standard InChI is InChI=1S/C11H9IO2/c12-8-2-1-6-3-7-4-10(13)14-11(7)9(6)5-8/h1-2,5,7,11H,3-4H2/t7-,11+/m1/s1. The van der Waals surface area contributed by atoms with E-state index < -0.39 is 0 Å². The van der Waals surface area contributed by atoms with Gasteiger partial charge in [-0.25, -0.2) is 0 Å². The van der Waals surface area contributed by atoms with Crippen LogP contribution in [0.15, 0.2) is 18.2 Å². The first-order valence-corrected chi connectivity index (χ1v) is 5.80. The Kier molecular flexibility index (Phi) is 1.84. The van der Waals surface area contributed by atoms with Crippen LogP contribution in [-0.4, -0.2) is 5.97 Å². The average molecular weight is 300 g/mol. The van der Waals surface area contributed by atoms with Gasteiger partial charge in [-0.1, -0.05) is 6.07 Å². The Labute approximate surface area is 95.8 Å². The number of hydrogen-bond acceptors (Lipinski definition) is 2. The number of esters is 1. The Hall–Kier alpha value is -0.580. The van der Waals surface area contributed by atoms with Gasteiger partial charge in [-0.3, -0.25) is 4.79 Å². The molecule has 3 heteroatoms. The maximum absolute atomic E-state index is 11.1. The van der Waals surface area contributed by atoms with Gasteiger partial charge >= 0.3 is 5.97 Å². The minimum absolute atomic E-state index is 0.0375. The Morgan fingerprint density at radius 3 is 3.07 bits per heavy atom. The summed E-state index contributed by atoms with van der Waals surface area (Å²) >= 11 is 2.29. The van der Waals surface area contributed by atoms with Crippen LogP contribution in [0.1, 0.15) is 23.7 Å². The molecule has 2 nitrogen and oxygen atoms in total. The van der Waals surface area contributed by atoms with Crippen LogP contribution in [-0.2, 0) is 16.0 Å².